The zero-order valence-corrected chi connectivity index (χ0v) is 19.6. The number of carbonyl (C=O) groups is 3. The molecule has 2 aromatic carbocycles. The average molecular weight is 516 g/mol. The molecule has 1 aliphatic rings. The molecule has 4 amide bonds. The van der Waals surface area contributed by atoms with Crippen LogP contribution in [0.3, 0.4) is 0 Å². The summed E-state index contributed by atoms with van der Waals surface area (Å²) < 4.78 is 16.7. The Labute approximate surface area is 199 Å². The molecule has 9 nitrogen and oxygen atoms in total. The summed E-state index contributed by atoms with van der Waals surface area (Å²) in [4.78, 5) is 38.4. The first kappa shape index (κ1) is 23.9. The predicted octanol–water partition coefficient (Wildman–Crippen LogP) is 3.56. The van der Waals surface area contributed by atoms with E-state index in [1.54, 1.807) is 42.5 Å². The van der Waals surface area contributed by atoms with Gasteiger partial charge in [0.05, 0.1) is 24.4 Å². The number of methoxy groups -OCH3 is 2. The molecule has 2 N–H and O–H groups in total. The summed E-state index contributed by atoms with van der Waals surface area (Å²) in [6, 6.07) is 9.50. The van der Waals surface area contributed by atoms with Crippen LogP contribution in [0.5, 0.6) is 17.2 Å². The van der Waals surface area contributed by atoms with E-state index >= 15 is 0 Å². The van der Waals surface area contributed by atoms with Crippen LogP contribution in [0, 0.1) is 0 Å². The number of benzene rings is 2. The third kappa shape index (κ3) is 5.53. The van der Waals surface area contributed by atoms with Crippen LogP contribution in [0.25, 0.3) is 6.08 Å². The fourth-order valence-electron chi connectivity index (χ4n) is 3.07. The quantitative estimate of drug-likeness (QED) is 0.300. The third-order valence-corrected chi connectivity index (χ3v) is 5.14. The molecule has 0 bridgehead atoms. The van der Waals surface area contributed by atoms with Crippen molar-refractivity contribution in [1.82, 2.24) is 10.2 Å². The largest absolute Gasteiger partial charge is 0.495 e. The number of imide groups is 1. The molecule has 0 unspecified atom stereocenters. The van der Waals surface area contributed by atoms with Crippen molar-refractivity contribution < 1.29 is 28.6 Å². The van der Waals surface area contributed by atoms with Crippen molar-refractivity contribution in [3.63, 3.8) is 0 Å². The average Bonchev–Trinajstić information content (AvgIpc) is 3.05. The van der Waals surface area contributed by atoms with Crippen molar-refractivity contribution in [2.24, 2.45) is 0 Å². The molecule has 1 heterocycles. The zero-order chi connectivity index (χ0) is 24.0. The number of hydrogen-bond acceptors (Lipinski definition) is 6. The number of hydrogen-bond donors (Lipinski definition) is 2. The van der Waals surface area contributed by atoms with Crippen LogP contribution < -0.4 is 24.8 Å². The van der Waals surface area contributed by atoms with E-state index in [0.29, 0.717) is 33.0 Å². The molecule has 2 aromatic rings. The van der Waals surface area contributed by atoms with E-state index in [2.05, 4.69) is 33.1 Å². The van der Waals surface area contributed by atoms with Gasteiger partial charge in [-0.25, -0.2) is 9.69 Å². The lowest BCUT2D eigenvalue weighted by atomic mass is 10.1. The van der Waals surface area contributed by atoms with E-state index in [1.165, 1.54) is 20.3 Å². The third-order valence-electron chi connectivity index (χ3n) is 4.55. The second kappa shape index (κ2) is 10.7. The first-order valence-corrected chi connectivity index (χ1v) is 10.6. The normalized spacial score (nSPS) is 14.2. The molecular formula is C23H22BrN3O6. The zero-order valence-electron chi connectivity index (χ0n) is 18.0. The number of anilines is 1. The number of rotatable bonds is 9. The topological polar surface area (TPSA) is 106 Å². The second-order valence-corrected chi connectivity index (χ2v) is 7.62. The number of urea groups is 1. The van der Waals surface area contributed by atoms with E-state index < -0.39 is 24.4 Å². The Morgan fingerprint density at radius 1 is 1.18 bits per heavy atom. The van der Waals surface area contributed by atoms with Crippen LogP contribution in [0.2, 0.25) is 0 Å². The van der Waals surface area contributed by atoms with Crippen molar-refractivity contribution in [3.8, 4) is 17.2 Å². The summed E-state index contributed by atoms with van der Waals surface area (Å²) in [5, 5.41) is 5.13. The molecule has 0 aromatic heterocycles. The van der Waals surface area contributed by atoms with E-state index in [9.17, 15) is 14.4 Å². The highest BCUT2D eigenvalue weighted by Crippen LogP contribution is 2.37. The number of para-hydroxylation sites is 2. The highest BCUT2D eigenvalue weighted by Gasteiger charge is 2.35. The van der Waals surface area contributed by atoms with Gasteiger partial charge < -0.3 is 24.8 Å². The lowest BCUT2D eigenvalue weighted by molar-refractivity contribution is -0.127. The number of nitrogens with zero attached hydrogens (tertiary/aromatic N) is 1. The van der Waals surface area contributed by atoms with E-state index in [0.717, 1.165) is 4.90 Å². The maximum Gasteiger partial charge on any atom is 0.329 e. The number of amides is 4. The van der Waals surface area contributed by atoms with Crippen molar-refractivity contribution in [2.45, 2.75) is 0 Å². The minimum atomic E-state index is -0.696. The Hall–Kier alpha value is -3.79. The van der Waals surface area contributed by atoms with Crippen LogP contribution in [0.1, 0.15) is 5.56 Å². The maximum atomic E-state index is 12.8. The molecule has 172 valence electrons. The number of halogens is 1. The van der Waals surface area contributed by atoms with Crippen molar-refractivity contribution in [2.75, 3.05) is 32.7 Å². The van der Waals surface area contributed by atoms with Gasteiger partial charge >= 0.3 is 6.03 Å². The van der Waals surface area contributed by atoms with Crippen molar-refractivity contribution in [1.29, 1.82) is 0 Å². The summed E-state index contributed by atoms with van der Waals surface area (Å²) in [5.74, 6) is 0.206. The minimum absolute atomic E-state index is 0.0267. The standard InChI is InChI=1S/C23H22BrN3O6/c1-4-9-33-21-15(24)10-14(12-19(21)32-3)11-17-22(29)27(23(30)26-17)13-20(28)25-16-7-5-6-8-18(16)31-2/h4-8,10-12H,1,9,13H2,2-3H3,(H,25,28)(H,26,30)/b17-11+. The fourth-order valence-corrected chi connectivity index (χ4v) is 3.64. The van der Waals surface area contributed by atoms with Crippen molar-refractivity contribution >= 4 is 45.5 Å². The molecule has 0 radical (unpaired) electrons. The van der Waals surface area contributed by atoms with Crippen LogP contribution in [-0.4, -0.2) is 50.1 Å². The van der Waals surface area contributed by atoms with E-state index in [-0.39, 0.29) is 12.3 Å². The van der Waals surface area contributed by atoms with Gasteiger partial charge in [-0.1, -0.05) is 24.8 Å². The van der Waals surface area contributed by atoms with Crippen LogP contribution >= 0.6 is 15.9 Å². The van der Waals surface area contributed by atoms with Gasteiger partial charge in [-0.3, -0.25) is 9.59 Å². The van der Waals surface area contributed by atoms with Gasteiger partial charge in [-0.2, -0.15) is 0 Å². The summed E-state index contributed by atoms with van der Waals surface area (Å²) in [5.41, 5.74) is 1.04. The fraction of sp³-hybridized carbons (Fsp3) is 0.174. The number of carbonyl (C=O) groups excluding carboxylic acids is 3. The SMILES string of the molecule is C=CCOc1c(Br)cc(/C=C2/NC(=O)N(CC(=O)Nc3ccccc3OC)C2=O)cc1OC. The van der Waals surface area contributed by atoms with E-state index in [1.807, 2.05) is 0 Å². The highest BCUT2D eigenvalue weighted by atomic mass is 79.9. The Balaban J connectivity index is 1.76. The molecule has 0 spiro atoms. The van der Waals surface area contributed by atoms with Crippen molar-refractivity contribution in [3.05, 3.63) is 64.8 Å². The first-order valence-electron chi connectivity index (χ1n) is 9.76. The molecule has 3 rings (SSSR count). The van der Waals surface area contributed by atoms with Crippen LogP contribution in [-0.2, 0) is 9.59 Å². The number of nitrogens with one attached hydrogen (secondary N) is 2. The molecule has 0 atom stereocenters. The van der Waals surface area contributed by atoms with Gasteiger partial charge in [0.15, 0.2) is 11.5 Å². The highest BCUT2D eigenvalue weighted by molar-refractivity contribution is 9.10. The molecule has 1 fully saturated rings. The Morgan fingerprint density at radius 3 is 2.61 bits per heavy atom. The lowest BCUT2D eigenvalue weighted by Crippen LogP contribution is -2.38. The van der Waals surface area contributed by atoms with Gasteiger partial charge in [0.2, 0.25) is 5.91 Å². The smallest absolute Gasteiger partial charge is 0.329 e. The maximum absolute atomic E-state index is 12.8. The van der Waals surface area contributed by atoms with Gasteiger partial charge in [0, 0.05) is 0 Å². The Kier molecular flexibility index (Phi) is 7.73. The van der Waals surface area contributed by atoms with Gasteiger partial charge in [-0.15, -0.1) is 0 Å². The summed E-state index contributed by atoms with van der Waals surface area (Å²) >= 11 is 3.42. The molecular weight excluding hydrogens is 494 g/mol. The molecule has 0 aliphatic carbocycles. The number of ether oxygens (including phenoxy) is 3. The second-order valence-electron chi connectivity index (χ2n) is 6.76. The summed E-state index contributed by atoms with van der Waals surface area (Å²) in [7, 11) is 2.97. The molecule has 1 saturated heterocycles. The van der Waals surface area contributed by atoms with E-state index in [4.69, 9.17) is 14.2 Å². The van der Waals surface area contributed by atoms with Gasteiger partial charge in [0.25, 0.3) is 5.91 Å². The predicted molar refractivity (Wildman–Crippen MR) is 126 cm³/mol. The van der Waals surface area contributed by atoms with Gasteiger partial charge in [-0.05, 0) is 51.8 Å². The van der Waals surface area contributed by atoms with Crippen LogP contribution in [0.4, 0.5) is 10.5 Å². The Bertz CT molecular complexity index is 1130. The molecule has 33 heavy (non-hydrogen) atoms. The molecule has 10 heteroatoms. The summed E-state index contributed by atoms with van der Waals surface area (Å²) in [6.45, 7) is 3.44. The minimum Gasteiger partial charge on any atom is -0.495 e. The molecule has 1 aliphatic heterocycles. The van der Waals surface area contributed by atoms with Crippen LogP contribution in [0.15, 0.2) is 59.2 Å². The lowest BCUT2D eigenvalue weighted by Gasteiger charge is -2.13. The monoisotopic (exact) mass is 515 g/mol. The summed E-state index contributed by atoms with van der Waals surface area (Å²) in [6.07, 6.45) is 3.09. The first-order chi connectivity index (χ1) is 15.9. The Morgan fingerprint density at radius 2 is 1.91 bits per heavy atom. The van der Waals surface area contributed by atoms with Gasteiger partial charge in [0.1, 0.15) is 24.6 Å². The molecule has 0 saturated carbocycles.